The monoisotopic (exact) mass is 749 g/mol. The van der Waals surface area contributed by atoms with Gasteiger partial charge >= 0.3 is 0 Å². The zero-order valence-corrected chi connectivity index (χ0v) is 30.6. The van der Waals surface area contributed by atoms with Gasteiger partial charge in [-0.05, 0) is 64.6 Å². The zero-order chi connectivity index (χ0) is 38.1. The van der Waals surface area contributed by atoms with Crippen LogP contribution in [0.4, 0.5) is 0 Å². The first kappa shape index (κ1) is 45.0. The SMILES string of the molecule is CO[C@@H]1CC=CC(CNCC2(O)CCNCC2)O1.NCCCC(=O)NC1CC(N)CC(OC2CCC(CO)O2)C1.NC[C@@H]1O[C@H](O)[C@H](N)C(O)[C@@H]1O. The topological polar surface area (TPSA) is 305 Å². The molecule has 5 aliphatic rings. The Bertz CT molecular complexity index is 1030. The summed E-state index contributed by atoms with van der Waals surface area (Å²) in [4.78, 5) is 11.8. The average molecular weight is 750 g/mol. The van der Waals surface area contributed by atoms with E-state index in [1.807, 2.05) is 0 Å². The predicted octanol–water partition coefficient (Wildman–Crippen LogP) is -3.68. The maximum Gasteiger partial charge on any atom is 0.220 e. The second-order valence-electron chi connectivity index (χ2n) is 14.3. The van der Waals surface area contributed by atoms with Crippen LogP contribution in [0.15, 0.2) is 12.2 Å². The first-order chi connectivity index (χ1) is 24.9. The molecule has 4 aliphatic heterocycles. The lowest BCUT2D eigenvalue weighted by atomic mass is 9.89. The molecule has 12 atom stereocenters. The van der Waals surface area contributed by atoms with Gasteiger partial charge in [0.1, 0.15) is 18.3 Å². The van der Waals surface area contributed by atoms with Gasteiger partial charge in [-0.15, -0.1) is 0 Å². The summed E-state index contributed by atoms with van der Waals surface area (Å²) in [7, 11) is 1.66. The number of methoxy groups -OCH3 is 1. The molecule has 304 valence electrons. The fourth-order valence-corrected chi connectivity index (χ4v) is 6.81. The van der Waals surface area contributed by atoms with Gasteiger partial charge in [0.15, 0.2) is 18.9 Å². The minimum atomic E-state index is -1.27. The highest BCUT2D eigenvalue weighted by atomic mass is 16.7. The highest BCUT2D eigenvalue weighted by Gasteiger charge is 2.41. The number of hydrogen-bond donors (Lipinski definition) is 12. The number of carbonyl (C=O) groups excluding carboxylic acids is 1. The smallest absolute Gasteiger partial charge is 0.220 e. The zero-order valence-electron chi connectivity index (χ0n) is 30.6. The van der Waals surface area contributed by atoms with Crippen molar-refractivity contribution in [3.63, 3.8) is 0 Å². The van der Waals surface area contributed by atoms with Crippen molar-refractivity contribution >= 4 is 5.91 Å². The van der Waals surface area contributed by atoms with Crippen molar-refractivity contribution in [1.29, 1.82) is 0 Å². The molecule has 1 aliphatic carbocycles. The number of nitrogens with two attached hydrogens (primary N) is 4. The van der Waals surface area contributed by atoms with Gasteiger partial charge in [0.25, 0.3) is 0 Å². The molecule has 0 aromatic carbocycles. The Balaban J connectivity index is 0.000000219. The average Bonchev–Trinajstić information content (AvgIpc) is 3.59. The fraction of sp³-hybridized carbons (Fsp3) is 0.912. The molecule has 0 aromatic heterocycles. The number of piperidine rings is 1. The third-order valence-corrected chi connectivity index (χ3v) is 9.89. The molecule has 16 N–H and O–H groups in total. The van der Waals surface area contributed by atoms with E-state index in [0.29, 0.717) is 32.5 Å². The Morgan fingerprint density at radius 1 is 1.02 bits per heavy atom. The van der Waals surface area contributed by atoms with Crippen LogP contribution in [-0.2, 0) is 28.5 Å². The number of aliphatic hydroxyl groups excluding tert-OH is 4. The highest BCUT2D eigenvalue weighted by Crippen LogP contribution is 2.27. The van der Waals surface area contributed by atoms with Crippen molar-refractivity contribution < 1.29 is 54.0 Å². The number of carbonyl (C=O) groups is 1. The fourth-order valence-electron chi connectivity index (χ4n) is 6.81. The van der Waals surface area contributed by atoms with Crippen molar-refractivity contribution in [3.8, 4) is 0 Å². The molecule has 0 radical (unpaired) electrons. The molecule has 1 saturated carbocycles. The third-order valence-electron chi connectivity index (χ3n) is 9.89. The van der Waals surface area contributed by atoms with Gasteiger partial charge in [-0.2, -0.15) is 0 Å². The summed E-state index contributed by atoms with van der Waals surface area (Å²) in [6.45, 7) is 3.71. The normalized spacial score (nSPS) is 37.3. The number of amides is 1. The van der Waals surface area contributed by atoms with Crippen LogP contribution in [0.3, 0.4) is 0 Å². The number of nitrogens with one attached hydrogen (secondary N) is 3. The predicted molar refractivity (Wildman–Crippen MR) is 191 cm³/mol. The summed E-state index contributed by atoms with van der Waals surface area (Å²) in [5.74, 6) is 0.0285. The molecule has 0 aromatic rings. The van der Waals surface area contributed by atoms with E-state index in [9.17, 15) is 20.1 Å². The molecule has 3 saturated heterocycles. The Hall–Kier alpha value is -1.43. The van der Waals surface area contributed by atoms with Crippen molar-refractivity contribution in [2.75, 3.05) is 53.0 Å². The van der Waals surface area contributed by atoms with Gasteiger partial charge in [0.2, 0.25) is 5.91 Å². The van der Waals surface area contributed by atoms with Crippen LogP contribution in [0.1, 0.15) is 64.2 Å². The largest absolute Gasteiger partial charge is 0.394 e. The van der Waals surface area contributed by atoms with Crippen LogP contribution >= 0.6 is 0 Å². The van der Waals surface area contributed by atoms with Gasteiger partial charge in [-0.25, -0.2) is 0 Å². The lowest BCUT2D eigenvalue weighted by Crippen LogP contribution is -2.62. The number of aliphatic hydroxyl groups is 5. The molecule has 0 bridgehead atoms. The summed E-state index contributed by atoms with van der Waals surface area (Å²) in [6.07, 6.45) is 6.81. The number of hydrogen-bond acceptors (Lipinski definition) is 17. The van der Waals surface area contributed by atoms with Crippen molar-refractivity contribution in [1.82, 2.24) is 16.0 Å². The molecular formula is C34H67N7O11. The van der Waals surface area contributed by atoms with E-state index in [2.05, 4.69) is 28.1 Å². The van der Waals surface area contributed by atoms with Crippen LogP contribution in [0.2, 0.25) is 0 Å². The van der Waals surface area contributed by atoms with E-state index in [-0.39, 0.29) is 62.0 Å². The summed E-state index contributed by atoms with van der Waals surface area (Å²) < 4.78 is 27.3. The van der Waals surface area contributed by atoms with Crippen molar-refractivity contribution in [2.24, 2.45) is 22.9 Å². The molecule has 4 fully saturated rings. The van der Waals surface area contributed by atoms with Gasteiger partial charge in [-0.1, -0.05) is 12.2 Å². The van der Waals surface area contributed by atoms with E-state index in [0.717, 1.165) is 64.5 Å². The summed E-state index contributed by atoms with van der Waals surface area (Å²) in [5, 5.41) is 56.6. The molecular weight excluding hydrogens is 682 g/mol. The third kappa shape index (κ3) is 15.4. The van der Waals surface area contributed by atoms with Crippen molar-refractivity contribution in [3.05, 3.63) is 12.2 Å². The van der Waals surface area contributed by atoms with E-state index < -0.39 is 36.2 Å². The van der Waals surface area contributed by atoms with Gasteiger partial charge in [0, 0.05) is 58.1 Å². The molecule has 7 unspecified atom stereocenters. The second-order valence-corrected chi connectivity index (χ2v) is 14.3. The van der Waals surface area contributed by atoms with Crippen LogP contribution in [0.5, 0.6) is 0 Å². The quantitative estimate of drug-likeness (QED) is 0.0807. The number of rotatable bonds is 13. The highest BCUT2D eigenvalue weighted by molar-refractivity contribution is 5.76. The van der Waals surface area contributed by atoms with Gasteiger partial charge < -0.3 is 88.1 Å². The molecule has 4 heterocycles. The van der Waals surface area contributed by atoms with Crippen LogP contribution in [0.25, 0.3) is 0 Å². The van der Waals surface area contributed by atoms with E-state index in [1.54, 1.807) is 7.11 Å². The van der Waals surface area contributed by atoms with E-state index in [4.69, 9.17) is 56.8 Å². The Morgan fingerprint density at radius 2 is 1.77 bits per heavy atom. The lowest BCUT2D eigenvalue weighted by Gasteiger charge is -2.38. The molecule has 1 amide bonds. The van der Waals surface area contributed by atoms with Gasteiger partial charge in [-0.3, -0.25) is 4.79 Å². The van der Waals surface area contributed by atoms with Crippen molar-refractivity contribution in [2.45, 2.75) is 143 Å². The first-order valence-corrected chi connectivity index (χ1v) is 18.7. The maximum atomic E-state index is 11.8. The standard InChI is InChI=1S/C15H29N3O4.C13H24N2O3.C6H14N2O4/c16-5-1-2-14(20)18-11-6-10(17)7-13(8-11)22-15-4-3-12(9-19)21-15;1-17-12-4-2-3-11(18-12)9-15-10-13(16)5-7-14-8-6-13;7-1-2-4(9)5(10)3(8)6(11)12-2/h10-13,15,19H,1-9,16-17H2,(H,18,20);2-3,11-12,14-16H,4-10H2,1H3;2-6,9-11H,1,7-8H2/t;11?,12-;2-,3+,4+,5?,6-/m.00/s1. The second kappa shape index (κ2) is 23.5. The number of ether oxygens (including phenoxy) is 5. The Labute approximate surface area is 307 Å². The maximum absolute atomic E-state index is 11.8. The molecule has 5 rings (SSSR count). The molecule has 0 spiro atoms. The van der Waals surface area contributed by atoms with Crippen LogP contribution in [-0.4, -0.2) is 164 Å². The first-order valence-electron chi connectivity index (χ1n) is 18.7. The molecule has 18 nitrogen and oxygen atoms in total. The Morgan fingerprint density at radius 3 is 2.42 bits per heavy atom. The summed E-state index contributed by atoms with van der Waals surface area (Å²) in [5.41, 5.74) is 21.5. The minimum Gasteiger partial charge on any atom is -0.394 e. The van der Waals surface area contributed by atoms with E-state index in [1.165, 1.54) is 0 Å². The van der Waals surface area contributed by atoms with Gasteiger partial charge in [0.05, 0.1) is 36.6 Å². The van der Waals surface area contributed by atoms with Crippen LogP contribution in [0, 0.1) is 0 Å². The van der Waals surface area contributed by atoms with Crippen LogP contribution < -0.4 is 38.9 Å². The lowest BCUT2D eigenvalue weighted by molar-refractivity contribution is -0.238. The summed E-state index contributed by atoms with van der Waals surface area (Å²) in [6, 6.07) is -0.912. The van der Waals surface area contributed by atoms with E-state index >= 15 is 0 Å². The molecule has 52 heavy (non-hydrogen) atoms. The Kier molecular flexibility index (Phi) is 20.3. The summed E-state index contributed by atoms with van der Waals surface area (Å²) >= 11 is 0. The molecule has 18 heteroatoms. The minimum absolute atomic E-state index is 0.00833.